The van der Waals surface area contributed by atoms with Crippen LogP contribution in [0.4, 0.5) is 10.6 Å². The molecule has 6 rings (SSSR count). The number of nitrogens with one attached hydrogen (secondary N) is 3. The number of benzene rings is 1. The Bertz CT molecular complexity index is 1990. The van der Waals surface area contributed by atoms with E-state index in [1.165, 1.54) is 0 Å². The summed E-state index contributed by atoms with van der Waals surface area (Å²) in [5, 5.41) is 17.2. The first kappa shape index (κ1) is 37.5. The zero-order valence-electron chi connectivity index (χ0n) is 31.3. The van der Waals surface area contributed by atoms with Gasteiger partial charge in [0, 0.05) is 48.7 Å². The van der Waals surface area contributed by atoms with Crippen LogP contribution in [0.1, 0.15) is 93.8 Å². The number of rotatable bonds is 10. The minimum Gasteiger partial charge on any atom is -0.480 e. The van der Waals surface area contributed by atoms with Gasteiger partial charge in [0.15, 0.2) is 11.9 Å². The molecule has 2 atom stereocenters. The minimum absolute atomic E-state index is 0.0526. The van der Waals surface area contributed by atoms with Gasteiger partial charge in [0.25, 0.3) is 5.91 Å². The topological polar surface area (TPSA) is 165 Å². The first-order valence-corrected chi connectivity index (χ1v) is 18.1. The molecule has 0 spiro atoms. The van der Waals surface area contributed by atoms with Crippen LogP contribution in [0.2, 0.25) is 0 Å². The highest BCUT2D eigenvalue weighted by atomic mass is 16.5. The van der Waals surface area contributed by atoms with Crippen LogP contribution in [-0.2, 0) is 25.9 Å². The summed E-state index contributed by atoms with van der Waals surface area (Å²) in [6.45, 7) is 16.7. The summed E-state index contributed by atoms with van der Waals surface area (Å²) < 4.78 is 13.9. The first-order valence-electron chi connectivity index (χ1n) is 18.1. The van der Waals surface area contributed by atoms with Gasteiger partial charge in [-0.15, -0.1) is 10.2 Å². The van der Waals surface area contributed by atoms with Crippen LogP contribution in [0.3, 0.4) is 0 Å². The Morgan fingerprint density at radius 2 is 1.83 bits per heavy atom. The van der Waals surface area contributed by atoms with Crippen molar-refractivity contribution in [2.45, 2.75) is 76.9 Å². The predicted molar refractivity (Wildman–Crippen MR) is 200 cm³/mol. The highest BCUT2D eigenvalue weighted by Crippen LogP contribution is 2.37. The SMILES string of the molecule is CC(C)(C)c1cc(NC(=O)N[C@@]2(C=O)C=C[C@@H](Oc3ccc4nnc(C(C)(C)C)n4c3)c3ccccc32)nc(C(=O)NCCCN2CCCOCC2)n1. The second-order valence-corrected chi connectivity index (χ2v) is 15.5. The van der Waals surface area contributed by atoms with Gasteiger partial charge in [-0.05, 0) is 49.2 Å². The molecule has 4 heterocycles. The van der Waals surface area contributed by atoms with E-state index in [4.69, 9.17) is 9.47 Å². The molecule has 0 unspecified atom stereocenters. The number of anilines is 1. The van der Waals surface area contributed by atoms with Gasteiger partial charge in [0.2, 0.25) is 5.82 Å². The number of carbonyl (C=O) groups is 3. The van der Waals surface area contributed by atoms with Gasteiger partial charge in [-0.2, -0.15) is 0 Å². The summed E-state index contributed by atoms with van der Waals surface area (Å²) in [6.07, 6.45) is 7.14. The van der Waals surface area contributed by atoms with Gasteiger partial charge in [0.05, 0.1) is 18.5 Å². The van der Waals surface area contributed by atoms with Crippen molar-refractivity contribution in [3.8, 4) is 5.75 Å². The van der Waals surface area contributed by atoms with Crippen molar-refractivity contribution in [2.75, 3.05) is 44.7 Å². The first-order chi connectivity index (χ1) is 25.3. The number of fused-ring (bicyclic) bond motifs is 2. The number of amides is 3. The number of carbonyl (C=O) groups excluding carboxylic acids is 3. The lowest BCUT2D eigenvalue weighted by Crippen LogP contribution is -2.49. The highest BCUT2D eigenvalue weighted by molar-refractivity contribution is 5.94. The van der Waals surface area contributed by atoms with E-state index in [0.29, 0.717) is 41.0 Å². The molecule has 1 saturated heterocycles. The molecule has 1 aliphatic carbocycles. The molecule has 1 aromatic carbocycles. The summed E-state index contributed by atoms with van der Waals surface area (Å²) >= 11 is 0. The Hall–Kier alpha value is -5.21. The van der Waals surface area contributed by atoms with Gasteiger partial charge < -0.3 is 25.0 Å². The van der Waals surface area contributed by atoms with Crippen LogP contribution in [0, 0.1) is 0 Å². The Morgan fingerprint density at radius 3 is 2.60 bits per heavy atom. The number of urea groups is 1. The Morgan fingerprint density at radius 1 is 1.02 bits per heavy atom. The van der Waals surface area contributed by atoms with Crippen molar-refractivity contribution in [3.05, 3.63) is 89.3 Å². The molecular formula is C39H49N9O5. The van der Waals surface area contributed by atoms with Crippen molar-refractivity contribution in [3.63, 3.8) is 0 Å². The molecule has 14 heteroatoms. The molecule has 2 aliphatic rings. The van der Waals surface area contributed by atoms with Crippen molar-refractivity contribution in [1.29, 1.82) is 0 Å². The standard InChI is InChI=1S/C39H49N9O5/c1-37(2,3)30-23-31(42-33(41-30)34(50)40-17-9-18-47-19-10-21-52-22-20-47)43-36(51)44-39(25-49)16-15-29(27-11-7-8-12-28(27)39)53-26-13-14-32-45-46-35(38(4,5)6)48(32)24-26/h7-8,11-16,23-25,29H,9-10,17-22H2,1-6H3,(H,40,50)(H2,41,42,43,44,51)/t29-,39-/m1/s1. The third-order valence-electron chi connectivity index (χ3n) is 9.25. The van der Waals surface area contributed by atoms with Gasteiger partial charge in [-0.1, -0.05) is 65.8 Å². The predicted octanol–water partition coefficient (Wildman–Crippen LogP) is 4.86. The fraction of sp³-hybridized carbons (Fsp3) is 0.462. The fourth-order valence-electron chi connectivity index (χ4n) is 6.43. The largest absolute Gasteiger partial charge is 0.480 e. The quantitative estimate of drug-likeness (QED) is 0.117. The number of pyridine rings is 1. The van der Waals surface area contributed by atoms with Crippen LogP contribution in [-0.4, -0.2) is 87.1 Å². The van der Waals surface area contributed by atoms with E-state index in [-0.39, 0.29) is 17.1 Å². The molecule has 280 valence electrons. The molecule has 3 amide bonds. The minimum atomic E-state index is -1.50. The lowest BCUT2D eigenvalue weighted by Gasteiger charge is -2.34. The smallest absolute Gasteiger partial charge is 0.321 e. The molecule has 53 heavy (non-hydrogen) atoms. The molecule has 3 aromatic heterocycles. The van der Waals surface area contributed by atoms with Crippen molar-refractivity contribution >= 4 is 29.7 Å². The van der Waals surface area contributed by atoms with E-state index in [0.717, 1.165) is 51.5 Å². The average Bonchev–Trinajstić information content (AvgIpc) is 3.38. The van der Waals surface area contributed by atoms with E-state index >= 15 is 0 Å². The summed E-state index contributed by atoms with van der Waals surface area (Å²) in [5.41, 5.74) is 0.367. The second kappa shape index (κ2) is 15.4. The van der Waals surface area contributed by atoms with Gasteiger partial charge in [-0.3, -0.25) is 19.3 Å². The monoisotopic (exact) mass is 723 g/mol. The van der Waals surface area contributed by atoms with Gasteiger partial charge in [0.1, 0.15) is 29.0 Å². The number of ether oxygens (including phenoxy) is 2. The third kappa shape index (κ3) is 8.71. The van der Waals surface area contributed by atoms with Crippen LogP contribution in [0.15, 0.2) is 60.8 Å². The van der Waals surface area contributed by atoms with Crippen LogP contribution >= 0.6 is 0 Å². The van der Waals surface area contributed by atoms with Crippen molar-refractivity contribution in [1.82, 2.24) is 40.1 Å². The Kier molecular flexibility index (Phi) is 10.9. The molecule has 4 aromatic rings. The molecule has 3 N–H and O–H groups in total. The molecule has 1 aliphatic heterocycles. The van der Waals surface area contributed by atoms with E-state index in [9.17, 15) is 14.4 Å². The Labute approximate surface area is 309 Å². The molecule has 0 saturated carbocycles. The van der Waals surface area contributed by atoms with E-state index < -0.39 is 29.0 Å². The lowest BCUT2D eigenvalue weighted by atomic mass is 9.81. The number of aldehydes is 1. The number of nitrogens with zero attached hydrogens (tertiary/aromatic N) is 6. The highest BCUT2D eigenvalue weighted by Gasteiger charge is 2.38. The van der Waals surface area contributed by atoms with Crippen molar-refractivity contribution in [2.24, 2.45) is 0 Å². The Balaban J connectivity index is 1.17. The fourth-order valence-corrected chi connectivity index (χ4v) is 6.43. The van der Waals surface area contributed by atoms with E-state index in [1.807, 2.05) is 55.6 Å². The maximum atomic E-state index is 13.6. The zero-order valence-corrected chi connectivity index (χ0v) is 31.3. The van der Waals surface area contributed by atoms with Crippen LogP contribution < -0.4 is 20.7 Å². The summed E-state index contributed by atoms with van der Waals surface area (Å²) in [5.74, 6) is 1.03. The third-order valence-corrected chi connectivity index (χ3v) is 9.25. The lowest BCUT2D eigenvalue weighted by molar-refractivity contribution is -0.111. The molecule has 14 nitrogen and oxygen atoms in total. The number of hydrogen-bond acceptors (Lipinski definition) is 10. The van der Waals surface area contributed by atoms with Gasteiger partial charge in [-0.25, -0.2) is 14.8 Å². The maximum absolute atomic E-state index is 13.6. The molecule has 0 radical (unpaired) electrons. The van der Waals surface area contributed by atoms with Crippen LogP contribution in [0.5, 0.6) is 5.75 Å². The maximum Gasteiger partial charge on any atom is 0.321 e. The normalized spacial score (nSPS) is 19.2. The summed E-state index contributed by atoms with van der Waals surface area (Å²) in [7, 11) is 0. The van der Waals surface area contributed by atoms with Crippen molar-refractivity contribution < 1.29 is 23.9 Å². The number of aromatic nitrogens is 5. The van der Waals surface area contributed by atoms with E-state index in [1.54, 1.807) is 30.4 Å². The van der Waals surface area contributed by atoms with Gasteiger partial charge >= 0.3 is 6.03 Å². The second-order valence-electron chi connectivity index (χ2n) is 15.5. The zero-order chi connectivity index (χ0) is 37.8. The molecular weight excluding hydrogens is 674 g/mol. The molecule has 1 fully saturated rings. The van der Waals surface area contributed by atoms with Crippen LogP contribution in [0.25, 0.3) is 5.65 Å². The summed E-state index contributed by atoms with van der Waals surface area (Å²) in [4.78, 5) is 51.0. The summed E-state index contributed by atoms with van der Waals surface area (Å²) in [6, 6.07) is 11.9. The molecule has 0 bridgehead atoms. The average molecular weight is 724 g/mol. The number of hydrogen-bond donors (Lipinski definition) is 3. The van der Waals surface area contributed by atoms with E-state index in [2.05, 4.69) is 61.8 Å².